The Morgan fingerprint density at radius 1 is 1.32 bits per heavy atom. The van der Waals surface area contributed by atoms with Gasteiger partial charge in [0.15, 0.2) is 0 Å². The summed E-state index contributed by atoms with van der Waals surface area (Å²) in [6.45, 7) is 4.74. The molecule has 0 saturated carbocycles. The fourth-order valence-corrected chi connectivity index (χ4v) is 1.89. The van der Waals surface area contributed by atoms with Crippen molar-refractivity contribution in [2.75, 3.05) is 26.7 Å². The Morgan fingerprint density at radius 2 is 2.11 bits per heavy atom. The maximum absolute atomic E-state index is 11.1. The second-order valence-corrected chi connectivity index (χ2v) is 4.78. The van der Waals surface area contributed by atoms with Crippen molar-refractivity contribution in [3.63, 3.8) is 0 Å². The molecule has 1 N–H and O–H groups in total. The van der Waals surface area contributed by atoms with Gasteiger partial charge in [0.25, 0.3) is 0 Å². The van der Waals surface area contributed by atoms with Gasteiger partial charge < -0.3 is 10.2 Å². The van der Waals surface area contributed by atoms with Gasteiger partial charge in [-0.3, -0.25) is 9.78 Å². The molecule has 0 radical (unpaired) electrons. The summed E-state index contributed by atoms with van der Waals surface area (Å²) in [7, 11) is 2.13. The molecule has 19 heavy (non-hydrogen) atoms. The fraction of sp³-hybridized carbons (Fsp3) is 0.600. The summed E-state index contributed by atoms with van der Waals surface area (Å²) in [4.78, 5) is 17.7. The second-order valence-electron chi connectivity index (χ2n) is 4.78. The molecule has 1 amide bonds. The average Bonchev–Trinajstić information content (AvgIpc) is 2.44. The van der Waals surface area contributed by atoms with Gasteiger partial charge in [0.1, 0.15) is 0 Å². The maximum atomic E-state index is 11.1. The standard InChI is InChI=1S/C15H25N3O/c1-3-15(19)17-11-7-13-18(2)12-6-9-14-8-4-5-10-16-14/h4-5,8,10H,3,6-7,9,11-13H2,1-2H3,(H,17,19). The van der Waals surface area contributed by atoms with Crippen LogP contribution in [0.15, 0.2) is 24.4 Å². The van der Waals surface area contributed by atoms with Crippen LogP contribution in [0.25, 0.3) is 0 Å². The molecule has 0 spiro atoms. The summed E-state index contributed by atoms with van der Waals surface area (Å²) in [5, 5.41) is 2.89. The van der Waals surface area contributed by atoms with Crippen LogP contribution in [0.4, 0.5) is 0 Å². The average molecular weight is 263 g/mol. The van der Waals surface area contributed by atoms with Crippen LogP contribution in [-0.4, -0.2) is 42.5 Å². The lowest BCUT2D eigenvalue weighted by Gasteiger charge is -2.16. The molecule has 106 valence electrons. The van der Waals surface area contributed by atoms with E-state index in [9.17, 15) is 4.79 Å². The van der Waals surface area contributed by atoms with Gasteiger partial charge in [-0.1, -0.05) is 13.0 Å². The lowest BCUT2D eigenvalue weighted by molar-refractivity contribution is -0.120. The first-order valence-corrected chi connectivity index (χ1v) is 7.07. The first-order chi connectivity index (χ1) is 9.22. The topological polar surface area (TPSA) is 45.2 Å². The molecule has 1 aromatic rings. The second kappa shape index (κ2) is 9.50. The third-order valence-electron chi connectivity index (χ3n) is 3.06. The van der Waals surface area contributed by atoms with E-state index in [2.05, 4.69) is 28.3 Å². The van der Waals surface area contributed by atoms with Gasteiger partial charge >= 0.3 is 0 Å². The molecule has 0 atom stereocenters. The predicted molar refractivity (Wildman–Crippen MR) is 78.0 cm³/mol. The van der Waals surface area contributed by atoms with Crippen molar-refractivity contribution >= 4 is 5.91 Å². The molecule has 1 heterocycles. The van der Waals surface area contributed by atoms with E-state index in [1.54, 1.807) is 0 Å². The fourth-order valence-electron chi connectivity index (χ4n) is 1.89. The van der Waals surface area contributed by atoms with E-state index in [0.717, 1.165) is 44.6 Å². The molecular formula is C15H25N3O. The minimum absolute atomic E-state index is 0.137. The van der Waals surface area contributed by atoms with Gasteiger partial charge in [-0.05, 0) is 51.5 Å². The van der Waals surface area contributed by atoms with Crippen LogP contribution in [0, 0.1) is 0 Å². The Morgan fingerprint density at radius 3 is 2.79 bits per heavy atom. The van der Waals surface area contributed by atoms with Crippen molar-refractivity contribution < 1.29 is 4.79 Å². The van der Waals surface area contributed by atoms with Gasteiger partial charge in [-0.2, -0.15) is 0 Å². The van der Waals surface area contributed by atoms with E-state index >= 15 is 0 Å². The molecule has 0 aromatic carbocycles. The van der Waals surface area contributed by atoms with Crippen LogP contribution >= 0.6 is 0 Å². The highest BCUT2D eigenvalue weighted by atomic mass is 16.1. The zero-order valence-corrected chi connectivity index (χ0v) is 12.1. The third-order valence-corrected chi connectivity index (χ3v) is 3.06. The molecule has 1 aromatic heterocycles. The van der Waals surface area contributed by atoms with Crippen LogP contribution in [0.5, 0.6) is 0 Å². The van der Waals surface area contributed by atoms with Crippen molar-refractivity contribution in [1.29, 1.82) is 0 Å². The van der Waals surface area contributed by atoms with Crippen molar-refractivity contribution in [2.24, 2.45) is 0 Å². The highest BCUT2D eigenvalue weighted by Crippen LogP contribution is 1.99. The van der Waals surface area contributed by atoms with Gasteiger partial charge in [0.2, 0.25) is 5.91 Å². The molecule has 0 bridgehead atoms. The molecular weight excluding hydrogens is 238 g/mol. The number of carbonyl (C=O) groups excluding carboxylic acids is 1. The van der Waals surface area contributed by atoms with Crippen LogP contribution < -0.4 is 5.32 Å². The maximum Gasteiger partial charge on any atom is 0.219 e. The number of pyridine rings is 1. The molecule has 4 heteroatoms. The molecule has 0 fully saturated rings. The van der Waals surface area contributed by atoms with Crippen molar-refractivity contribution in [3.05, 3.63) is 30.1 Å². The molecule has 0 aliphatic rings. The van der Waals surface area contributed by atoms with Crippen LogP contribution in [0.1, 0.15) is 31.9 Å². The Labute approximate surface area is 116 Å². The quantitative estimate of drug-likeness (QED) is 0.692. The summed E-state index contributed by atoms with van der Waals surface area (Å²) in [5.74, 6) is 0.137. The summed E-state index contributed by atoms with van der Waals surface area (Å²) in [6.07, 6.45) is 5.56. The van der Waals surface area contributed by atoms with Crippen molar-refractivity contribution in [3.8, 4) is 0 Å². The lowest BCUT2D eigenvalue weighted by atomic mass is 10.2. The Kier molecular flexibility index (Phi) is 7.82. The first-order valence-electron chi connectivity index (χ1n) is 7.07. The van der Waals surface area contributed by atoms with E-state index in [0.29, 0.717) is 6.42 Å². The van der Waals surface area contributed by atoms with Crippen LogP contribution in [0.3, 0.4) is 0 Å². The normalized spacial score (nSPS) is 10.7. The highest BCUT2D eigenvalue weighted by molar-refractivity contribution is 5.75. The van der Waals surface area contributed by atoms with Gasteiger partial charge in [0, 0.05) is 24.9 Å². The van der Waals surface area contributed by atoms with Crippen LogP contribution in [0.2, 0.25) is 0 Å². The van der Waals surface area contributed by atoms with Gasteiger partial charge in [0.05, 0.1) is 0 Å². The summed E-state index contributed by atoms with van der Waals surface area (Å²) >= 11 is 0. The van der Waals surface area contributed by atoms with E-state index in [4.69, 9.17) is 0 Å². The predicted octanol–water partition coefficient (Wildman–Crippen LogP) is 1.86. The lowest BCUT2D eigenvalue weighted by Crippen LogP contribution is -2.28. The molecule has 0 unspecified atom stereocenters. The Bertz CT molecular complexity index is 354. The monoisotopic (exact) mass is 263 g/mol. The number of aromatic nitrogens is 1. The number of amides is 1. The van der Waals surface area contributed by atoms with E-state index in [1.165, 1.54) is 0 Å². The molecule has 4 nitrogen and oxygen atoms in total. The van der Waals surface area contributed by atoms with Gasteiger partial charge in [-0.25, -0.2) is 0 Å². The van der Waals surface area contributed by atoms with E-state index in [1.807, 2.05) is 25.3 Å². The Hall–Kier alpha value is -1.42. The number of nitrogens with zero attached hydrogens (tertiary/aromatic N) is 2. The first kappa shape index (κ1) is 15.6. The Balaban J connectivity index is 2.02. The minimum atomic E-state index is 0.137. The number of hydrogen-bond donors (Lipinski definition) is 1. The number of nitrogens with one attached hydrogen (secondary N) is 1. The highest BCUT2D eigenvalue weighted by Gasteiger charge is 2.00. The summed E-state index contributed by atoms with van der Waals surface area (Å²) in [5.41, 5.74) is 1.16. The van der Waals surface area contributed by atoms with E-state index in [-0.39, 0.29) is 5.91 Å². The third kappa shape index (κ3) is 7.57. The molecule has 1 rings (SSSR count). The van der Waals surface area contributed by atoms with Crippen molar-refractivity contribution in [1.82, 2.24) is 15.2 Å². The summed E-state index contributed by atoms with van der Waals surface area (Å²) in [6, 6.07) is 6.04. The number of carbonyl (C=O) groups is 1. The molecule has 0 aliphatic carbocycles. The zero-order valence-electron chi connectivity index (χ0n) is 12.1. The number of hydrogen-bond acceptors (Lipinski definition) is 3. The van der Waals surface area contributed by atoms with Crippen molar-refractivity contribution in [2.45, 2.75) is 32.6 Å². The largest absolute Gasteiger partial charge is 0.356 e. The zero-order chi connectivity index (χ0) is 13.9. The summed E-state index contributed by atoms with van der Waals surface area (Å²) < 4.78 is 0. The van der Waals surface area contributed by atoms with E-state index < -0.39 is 0 Å². The smallest absolute Gasteiger partial charge is 0.219 e. The number of rotatable bonds is 9. The molecule has 0 saturated heterocycles. The molecule has 0 aliphatic heterocycles. The SMILES string of the molecule is CCC(=O)NCCCN(C)CCCc1ccccn1. The number of aryl methyl sites for hydroxylation is 1. The van der Waals surface area contributed by atoms with Crippen LogP contribution in [-0.2, 0) is 11.2 Å². The minimum Gasteiger partial charge on any atom is -0.356 e. The van der Waals surface area contributed by atoms with Gasteiger partial charge in [-0.15, -0.1) is 0 Å².